The van der Waals surface area contributed by atoms with Gasteiger partial charge in [0.15, 0.2) is 5.69 Å². The molecule has 9 nitrogen and oxygen atoms in total. The molecule has 0 unspecified atom stereocenters. The Morgan fingerprint density at radius 1 is 1.03 bits per heavy atom. The van der Waals surface area contributed by atoms with Gasteiger partial charge < -0.3 is 10.6 Å². The van der Waals surface area contributed by atoms with Gasteiger partial charge in [-0.25, -0.2) is 9.61 Å². The molecular weight excluding hydrogens is 475 g/mol. The first-order valence-electron chi connectivity index (χ1n) is 12.9. The topological polar surface area (TPSA) is 123 Å². The number of pyridine rings is 2. The molecule has 1 atom stereocenters. The van der Waals surface area contributed by atoms with Crippen molar-refractivity contribution < 1.29 is 18.6 Å². The number of amides is 2. The number of hydrogen-bond acceptors (Lipinski definition) is 7. The van der Waals surface area contributed by atoms with E-state index in [2.05, 4.69) is 30.9 Å². The van der Waals surface area contributed by atoms with Crippen molar-refractivity contribution in [3.8, 4) is 11.1 Å². The van der Waals surface area contributed by atoms with Gasteiger partial charge in [0.05, 0.1) is 0 Å². The molecule has 10 heteroatoms. The molecule has 3 heterocycles. The Morgan fingerprint density at radius 2 is 1.76 bits per heavy atom. The summed E-state index contributed by atoms with van der Waals surface area (Å²) in [4.78, 5) is 35.1. The van der Waals surface area contributed by atoms with Crippen molar-refractivity contribution in [1.29, 1.82) is 0 Å². The predicted molar refractivity (Wildman–Crippen MR) is 132 cm³/mol. The van der Waals surface area contributed by atoms with E-state index in [9.17, 15) is 9.59 Å². The maximum Gasteiger partial charge on any atom is 0.276 e. The molecule has 3 aliphatic rings. The highest BCUT2D eigenvalue weighted by molar-refractivity contribution is 6.00. The van der Waals surface area contributed by atoms with Crippen LogP contribution in [0.2, 0.25) is 0 Å². The lowest BCUT2D eigenvalue weighted by atomic mass is 9.88. The molecule has 3 fully saturated rings. The molecule has 0 aliphatic heterocycles. The van der Waals surface area contributed by atoms with Crippen LogP contribution in [0.4, 0.5) is 10.2 Å². The summed E-state index contributed by atoms with van der Waals surface area (Å²) >= 11 is 0. The van der Waals surface area contributed by atoms with Crippen LogP contribution in [0.25, 0.3) is 11.1 Å². The van der Waals surface area contributed by atoms with Gasteiger partial charge in [0.1, 0.15) is 17.6 Å². The van der Waals surface area contributed by atoms with Crippen molar-refractivity contribution in [1.82, 2.24) is 25.6 Å². The lowest BCUT2D eigenvalue weighted by Crippen LogP contribution is -2.50. The number of anilines is 1. The van der Waals surface area contributed by atoms with E-state index >= 15 is 4.39 Å². The Bertz CT molecular complexity index is 1350. The highest BCUT2D eigenvalue weighted by Gasteiger charge is 2.49. The van der Waals surface area contributed by atoms with Gasteiger partial charge in [0.25, 0.3) is 5.91 Å². The molecule has 2 amide bonds. The molecule has 3 saturated carbocycles. The van der Waals surface area contributed by atoms with Crippen molar-refractivity contribution >= 4 is 17.6 Å². The van der Waals surface area contributed by atoms with E-state index in [0.717, 1.165) is 44.1 Å². The van der Waals surface area contributed by atoms with Gasteiger partial charge in [-0.2, -0.15) is 4.39 Å². The average Bonchev–Trinajstić information content (AvgIpc) is 3.73. The van der Waals surface area contributed by atoms with Crippen LogP contribution in [0.15, 0.2) is 29.0 Å². The summed E-state index contributed by atoms with van der Waals surface area (Å²) in [5.41, 5.74) is 3.26. The molecule has 192 valence electrons. The Labute approximate surface area is 213 Å². The number of carbonyl (C=O) groups excluding carboxylic acids is 2. The van der Waals surface area contributed by atoms with Gasteiger partial charge in [-0.15, -0.1) is 0 Å². The molecule has 0 saturated heterocycles. The summed E-state index contributed by atoms with van der Waals surface area (Å²) < 4.78 is 19.9. The second-order valence-corrected chi connectivity index (χ2v) is 10.6. The third-order valence-corrected chi connectivity index (χ3v) is 7.59. The van der Waals surface area contributed by atoms with Crippen LogP contribution >= 0.6 is 0 Å². The summed E-state index contributed by atoms with van der Waals surface area (Å²) in [7, 11) is 0. The summed E-state index contributed by atoms with van der Waals surface area (Å²) in [6, 6.07) is 4.24. The van der Waals surface area contributed by atoms with Crippen LogP contribution in [0.3, 0.4) is 0 Å². The SMILES string of the molecule is Cc1cnc(C)c(-c2ccc(NC(=O)[C@@H](NC(=O)c3nonc3C3CC3)C(C3CC3)C3CC3)nc2F)c1. The molecule has 3 aromatic heterocycles. The van der Waals surface area contributed by atoms with Crippen LogP contribution in [0, 0.1) is 37.5 Å². The van der Waals surface area contributed by atoms with Crippen LogP contribution in [0.1, 0.15) is 71.9 Å². The van der Waals surface area contributed by atoms with E-state index < -0.39 is 23.8 Å². The van der Waals surface area contributed by atoms with E-state index in [1.165, 1.54) is 0 Å². The molecule has 0 spiro atoms. The van der Waals surface area contributed by atoms with E-state index in [-0.39, 0.29) is 23.3 Å². The fourth-order valence-electron chi connectivity index (χ4n) is 5.23. The van der Waals surface area contributed by atoms with Crippen LogP contribution < -0.4 is 10.6 Å². The van der Waals surface area contributed by atoms with Crippen molar-refractivity contribution in [2.24, 2.45) is 17.8 Å². The highest BCUT2D eigenvalue weighted by Crippen LogP contribution is 2.51. The molecule has 0 radical (unpaired) electrons. The molecule has 37 heavy (non-hydrogen) atoms. The highest BCUT2D eigenvalue weighted by atomic mass is 19.1. The summed E-state index contributed by atoms with van der Waals surface area (Å²) in [5, 5.41) is 13.4. The first-order valence-corrected chi connectivity index (χ1v) is 12.9. The average molecular weight is 505 g/mol. The molecule has 6 rings (SSSR count). The van der Waals surface area contributed by atoms with E-state index in [1.54, 1.807) is 18.3 Å². The Kier molecular flexibility index (Phi) is 5.97. The first-order chi connectivity index (χ1) is 17.9. The number of carbonyl (C=O) groups is 2. The Hall–Kier alpha value is -3.69. The quantitative estimate of drug-likeness (QED) is 0.416. The zero-order valence-corrected chi connectivity index (χ0v) is 20.8. The number of hydrogen-bond donors (Lipinski definition) is 2. The van der Waals surface area contributed by atoms with Crippen LogP contribution in [-0.2, 0) is 4.79 Å². The fraction of sp³-hybridized carbons (Fsp3) is 0.481. The zero-order valence-electron chi connectivity index (χ0n) is 20.8. The summed E-state index contributed by atoms with van der Waals surface area (Å²) in [6.45, 7) is 3.70. The lowest BCUT2D eigenvalue weighted by Gasteiger charge is -2.27. The molecule has 3 aromatic rings. The minimum atomic E-state index is -0.788. The van der Waals surface area contributed by atoms with Gasteiger partial charge in [-0.1, -0.05) is 5.16 Å². The summed E-state index contributed by atoms with van der Waals surface area (Å²) in [6.07, 6.45) is 7.74. The number of nitrogens with one attached hydrogen (secondary N) is 2. The Morgan fingerprint density at radius 3 is 2.41 bits per heavy atom. The number of nitrogens with zero attached hydrogens (tertiary/aromatic N) is 4. The summed E-state index contributed by atoms with van der Waals surface area (Å²) in [5.74, 6) is -0.524. The minimum Gasteiger partial charge on any atom is -0.338 e. The van der Waals surface area contributed by atoms with Gasteiger partial charge in [0, 0.05) is 28.9 Å². The number of aromatic nitrogens is 4. The maximum absolute atomic E-state index is 15.1. The van der Waals surface area contributed by atoms with Crippen molar-refractivity contribution in [2.75, 3.05) is 5.32 Å². The minimum absolute atomic E-state index is 0.0123. The smallest absolute Gasteiger partial charge is 0.276 e. The number of rotatable bonds is 9. The van der Waals surface area contributed by atoms with Gasteiger partial charge >= 0.3 is 0 Å². The number of halogens is 1. The lowest BCUT2D eigenvalue weighted by molar-refractivity contribution is -0.119. The Balaban J connectivity index is 1.24. The van der Waals surface area contributed by atoms with Crippen molar-refractivity contribution in [3.05, 3.63) is 53.0 Å². The molecule has 0 bridgehead atoms. The van der Waals surface area contributed by atoms with Crippen LogP contribution in [-0.4, -0.2) is 38.1 Å². The standard InChI is InChI=1S/C27H29FN6O3/c1-13-11-19(14(2)29-12-13)18-9-10-20(30-25(18)28)31-26(35)23(21(15-3-4-15)16-5-6-16)32-27(36)24-22(17-7-8-17)33-37-34-24/h9-12,15-17,21,23H,3-8H2,1-2H3,(H,32,36)(H,30,31,35)/t23-/m0/s1. The number of aryl methyl sites for hydroxylation is 2. The van der Waals surface area contributed by atoms with Crippen LogP contribution in [0.5, 0.6) is 0 Å². The zero-order chi connectivity index (χ0) is 25.7. The third-order valence-electron chi connectivity index (χ3n) is 7.59. The second-order valence-electron chi connectivity index (χ2n) is 10.6. The maximum atomic E-state index is 15.1. The fourth-order valence-corrected chi connectivity index (χ4v) is 5.23. The van der Waals surface area contributed by atoms with E-state index in [4.69, 9.17) is 4.63 Å². The van der Waals surface area contributed by atoms with Gasteiger partial charge in [0.2, 0.25) is 11.9 Å². The normalized spacial score (nSPS) is 18.1. The van der Waals surface area contributed by atoms with Crippen molar-refractivity contribution in [2.45, 2.75) is 64.3 Å². The van der Waals surface area contributed by atoms with E-state index in [0.29, 0.717) is 34.4 Å². The van der Waals surface area contributed by atoms with Gasteiger partial charge in [-0.05, 0) is 99.0 Å². The molecule has 2 N–H and O–H groups in total. The molecular formula is C27H29FN6O3. The monoisotopic (exact) mass is 504 g/mol. The van der Waals surface area contributed by atoms with Gasteiger partial charge in [-0.3, -0.25) is 14.6 Å². The van der Waals surface area contributed by atoms with E-state index in [1.807, 2.05) is 19.9 Å². The molecule has 0 aromatic carbocycles. The predicted octanol–water partition coefficient (Wildman–Crippen LogP) is 4.33. The molecule has 3 aliphatic carbocycles. The second kappa shape index (κ2) is 9.32. The van der Waals surface area contributed by atoms with Crippen molar-refractivity contribution in [3.63, 3.8) is 0 Å². The largest absolute Gasteiger partial charge is 0.338 e. The third kappa shape index (κ3) is 4.97. The first kappa shape index (κ1) is 23.7.